The van der Waals surface area contributed by atoms with E-state index in [-0.39, 0.29) is 16.8 Å². The lowest BCUT2D eigenvalue weighted by molar-refractivity contribution is -0.143. The zero-order valence-electron chi connectivity index (χ0n) is 15.3. The van der Waals surface area contributed by atoms with Gasteiger partial charge in [0.2, 0.25) is 0 Å². The highest BCUT2D eigenvalue weighted by Crippen LogP contribution is 2.58. The smallest absolute Gasteiger partial charge is 0.383 e. The number of nitrogens with zero attached hydrogens (tertiary/aromatic N) is 4. The lowest BCUT2D eigenvalue weighted by atomic mass is 10.1. The summed E-state index contributed by atoms with van der Waals surface area (Å²) in [7, 11) is 1.66. The number of anilines is 1. The van der Waals surface area contributed by atoms with Gasteiger partial charge in [-0.05, 0) is 24.0 Å². The van der Waals surface area contributed by atoms with Gasteiger partial charge in [0.15, 0.2) is 0 Å². The number of hydrogen-bond donors (Lipinski definition) is 1. The Morgan fingerprint density at radius 1 is 1.29 bits per heavy atom. The molecule has 0 spiro atoms. The van der Waals surface area contributed by atoms with Crippen LogP contribution in [0.1, 0.15) is 11.6 Å². The summed E-state index contributed by atoms with van der Waals surface area (Å²) in [5.41, 5.74) is 7.22. The average molecular weight is 416 g/mol. The van der Waals surface area contributed by atoms with Crippen LogP contribution in [-0.4, -0.2) is 59.2 Å². The van der Waals surface area contributed by atoms with Crippen LogP contribution < -0.4 is 5.73 Å². The van der Waals surface area contributed by atoms with Gasteiger partial charge in [-0.1, -0.05) is 11.6 Å². The van der Waals surface area contributed by atoms with E-state index in [2.05, 4.69) is 15.0 Å². The van der Waals surface area contributed by atoms with Crippen molar-refractivity contribution in [1.29, 1.82) is 0 Å². The molecule has 10 heteroatoms. The normalized spacial score (nSPS) is 24.5. The number of hydrogen-bond acceptors (Lipinski definition) is 5. The number of aromatic nitrogens is 3. The van der Waals surface area contributed by atoms with E-state index in [1.54, 1.807) is 19.2 Å². The fourth-order valence-electron chi connectivity index (χ4n) is 4.18. The molecule has 0 aromatic carbocycles. The van der Waals surface area contributed by atoms with Gasteiger partial charge >= 0.3 is 6.18 Å². The number of likely N-dealkylation sites (tertiary alicyclic amines) is 1. The van der Waals surface area contributed by atoms with E-state index < -0.39 is 12.7 Å². The minimum atomic E-state index is -4.34. The van der Waals surface area contributed by atoms with Gasteiger partial charge in [-0.3, -0.25) is 4.68 Å². The van der Waals surface area contributed by atoms with Crippen LogP contribution in [-0.2, 0) is 11.3 Å². The van der Waals surface area contributed by atoms with Gasteiger partial charge in [0.1, 0.15) is 12.4 Å². The van der Waals surface area contributed by atoms with Crippen molar-refractivity contribution in [1.82, 2.24) is 19.7 Å². The molecule has 0 radical (unpaired) electrons. The summed E-state index contributed by atoms with van der Waals surface area (Å²) < 4.78 is 45.5. The number of pyridine rings is 1. The Morgan fingerprint density at radius 2 is 2.00 bits per heavy atom. The van der Waals surface area contributed by atoms with Crippen molar-refractivity contribution < 1.29 is 17.9 Å². The van der Waals surface area contributed by atoms with Crippen LogP contribution in [0.2, 0.25) is 5.02 Å². The molecule has 2 N–H and O–H groups in total. The van der Waals surface area contributed by atoms with Gasteiger partial charge < -0.3 is 15.4 Å². The third kappa shape index (κ3) is 3.83. The summed E-state index contributed by atoms with van der Waals surface area (Å²) in [6.45, 7) is 2.15. The van der Waals surface area contributed by atoms with Crippen LogP contribution in [0.5, 0.6) is 0 Å². The van der Waals surface area contributed by atoms with Crippen LogP contribution in [0.15, 0.2) is 18.3 Å². The molecule has 2 aromatic rings. The minimum Gasteiger partial charge on any atom is -0.383 e. The van der Waals surface area contributed by atoms with E-state index in [1.807, 2.05) is 0 Å². The molecule has 3 heterocycles. The van der Waals surface area contributed by atoms with Crippen molar-refractivity contribution in [3.05, 3.63) is 29.0 Å². The molecule has 0 bridgehead atoms. The maximum absolute atomic E-state index is 13.1. The number of halogens is 4. The molecule has 2 aromatic heterocycles. The predicted octanol–water partition coefficient (Wildman–Crippen LogP) is 3.03. The molecule has 28 heavy (non-hydrogen) atoms. The van der Waals surface area contributed by atoms with Crippen LogP contribution in [0, 0.1) is 11.8 Å². The van der Waals surface area contributed by atoms with E-state index in [1.165, 1.54) is 6.20 Å². The average Bonchev–Trinajstić information content (AvgIpc) is 2.95. The van der Waals surface area contributed by atoms with Crippen LogP contribution >= 0.6 is 11.6 Å². The molecule has 3 atom stereocenters. The summed E-state index contributed by atoms with van der Waals surface area (Å²) in [5.74, 6) is 0.996. The molecule has 0 amide bonds. The molecule has 1 saturated carbocycles. The number of nitrogens with two attached hydrogens (primary N) is 1. The highest BCUT2D eigenvalue weighted by atomic mass is 35.5. The van der Waals surface area contributed by atoms with E-state index in [0.29, 0.717) is 35.4 Å². The van der Waals surface area contributed by atoms with Crippen molar-refractivity contribution in [2.45, 2.75) is 18.6 Å². The number of rotatable bonds is 6. The highest BCUT2D eigenvalue weighted by molar-refractivity contribution is 6.33. The summed E-state index contributed by atoms with van der Waals surface area (Å²) in [6.07, 6.45) is -2.87. The molecule has 1 aliphatic carbocycles. The molecule has 2 fully saturated rings. The Bertz CT molecular complexity index is 859. The lowest BCUT2D eigenvalue weighted by Crippen LogP contribution is -2.28. The second kappa shape index (κ2) is 7.20. The molecule has 2 aliphatic rings. The fourth-order valence-corrected chi connectivity index (χ4v) is 4.35. The Balaban J connectivity index is 1.58. The van der Waals surface area contributed by atoms with Crippen LogP contribution in [0.25, 0.3) is 11.3 Å². The fraction of sp³-hybridized carbons (Fsp3) is 0.556. The summed E-state index contributed by atoms with van der Waals surface area (Å²) in [5, 5.41) is 4.47. The first kappa shape index (κ1) is 19.5. The Kier molecular flexibility index (Phi) is 5.01. The number of alkyl halides is 3. The van der Waals surface area contributed by atoms with Gasteiger partial charge in [-0.2, -0.15) is 18.3 Å². The van der Waals surface area contributed by atoms with Crippen molar-refractivity contribution in [2.24, 2.45) is 11.8 Å². The van der Waals surface area contributed by atoms with Crippen molar-refractivity contribution >= 4 is 17.4 Å². The molecule has 152 valence electrons. The number of nitrogen functional groups attached to an aromatic ring is 1. The summed E-state index contributed by atoms with van der Waals surface area (Å²) in [6, 6.07) is 3.31. The van der Waals surface area contributed by atoms with Crippen molar-refractivity contribution in [2.75, 3.05) is 39.1 Å². The van der Waals surface area contributed by atoms with E-state index in [4.69, 9.17) is 22.1 Å². The topological polar surface area (TPSA) is 69.2 Å². The Labute approximate surface area is 165 Å². The summed E-state index contributed by atoms with van der Waals surface area (Å²) in [4.78, 5) is 6.28. The monoisotopic (exact) mass is 415 g/mol. The first-order chi connectivity index (χ1) is 13.3. The quantitative estimate of drug-likeness (QED) is 0.785. The largest absolute Gasteiger partial charge is 0.408 e. The van der Waals surface area contributed by atoms with E-state index in [0.717, 1.165) is 24.3 Å². The number of methoxy groups -OCH3 is 1. The zero-order valence-corrected chi connectivity index (χ0v) is 16.0. The van der Waals surface area contributed by atoms with E-state index in [9.17, 15) is 13.2 Å². The molecular weight excluding hydrogens is 395 g/mol. The first-order valence-corrected chi connectivity index (χ1v) is 9.42. The highest BCUT2D eigenvalue weighted by Gasteiger charge is 2.57. The predicted molar refractivity (Wildman–Crippen MR) is 99.0 cm³/mol. The molecule has 2 unspecified atom stereocenters. The van der Waals surface area contributed by atoms with Crippen molar-refractivity contribution in [3.63, 3.8) is 0 Å². The Hall–Kier alpha value is -1.84. The molecular formula is C18H21ClF3N5O. The maximum atomic E-state index is 13.1. The van der Waals surface area contributed by atoms with Crippen molar-refractivity contribution in [3.8, 4) is 11.3 Å². The molecule has 6 nitrogen and oxygen atoms in total. The summed E-state index contributed by atoms with van der Waals surface area (Å²) >= 11 is 6.01. The first-order valence-electron chi connectivity index (χ1n) is 9.04. The third-order valence-corrected chi connectivity index (χ3v) is 5.83. The molecule has 1 saturated heterocycles. The molecule has 4 rings (SSSR count). The molecule has 1 aliphatic heterocycles. The number of fused-ring (bicyclic) bond motifs is 1. The van der Waals surface area contributed by atoms with Gasteiger partial charge in [-0.15, -0.1) is 0 Å². The zero-order chi connectivity index (χ0) is 20.1. The van der Waals surface area contributed by atoms with E-state index >= 15 is 0 Å². The van der Waals surface area contributed by atoms with Crippen LogP contribution in [0.3, 0.4) is 0 Å². The SMILES string of the molecule is COCCN1CC2C(c3cc(-c4cnc(N)c(Cl)c4)nn3CC(F)(F)F)[C@H]2C1. The van der Waals surface area contributed by atoms with Crippen LogP contribution in [0.4, 0.5) is 19.0 Å². The van der Waals surface area contributed by atoms with Gasteiger partial charge in [0.05, 0.1) is 17.3 Å². The second-order valence-electron chi connectivity index (χ2n) is 7.42. The lowest BCUT2D eigenvalue weighted by Gasteiger charge is -2.19. The second-order valence-corrected chi connectivity index (χ2v) is 7.83. The minimum absolute atomic E-state index is 0.0969. The van der Waals surface area contributed by atoms with Gasteiger partial charge in [-0.25, -0.2) is 4.98 Å². The van der Waals surface area contributed by atoms with Gasteiger partial charge in [0.25, 0.3) is 0 Å². The van der Waals surface area contributed by atoms with Gasteiger partial charge in [0, 0.05) is 50.1 Å². The number of piperidine rings is 1. The standard InChI is InChI=1S/C18H21ClF3N5O/c1-28-3-2-26-7-11-12(8-26)16(11)15-5-14(25-27(15)9-18(20,21)22)10-4-13(19)17(23)24-6-10/h4-6,11-12,16H,2-3,7-9H2,1H3,(H2,23,24)/t11-,12?,16?/m0/s1. The maximum Gasteiger partial charge on any atom is 0.408 e. The Morgan fingerprint density at radius 3 is 2.61 bits per heavy atom. The number of ether oxygens (including phenoxy) is 1. The third-order valence-electron chi connectivity index (χ3n) is 5.53.